The van der Waals surface area contributed by atoms with Crippen LogP contribution in [-0.4, -0.2) is 24.6 Å². The van der Waals surface area contributed by atoms with Crippen molar-refractivity contribution in [3.8, 4) is 5.75 Å². The van der Waals surface area contributed by atoms with Gasteiger partial charge in [0.15, 0.2) is 5.96 Å². The zero-order chi connectivity index (χ0) is 16.7. The van der Waals surface area contributed by atoms with Crippen molar-refractivity contribution in [1.82, 2.24) is 15.6 Å². The van der Waals surface area contributed by atoms with E-state index in [4.69, 9.17) is 4.74 Å². The molecule has 0 aliphatic rings. The third-order valence-corrected chi connectivity index (χ3v) is 4.50. The molecule has 0 bridgehead atoms. The average Bonchev–Trinajstić information content (AvgIpc) is 2.88. The first-order chi connectivity index (χ1) is 11.1. The second-order valence-corrected chi connectivity index (χ2v) is 6.40. The Morgan fingerprint density at radius 3 is 2.70 bits per heavy atom. The van der Waals surface area contributed by atoms with Crippen molar-refractivity contribution >= 4 is 17.3 Å². The number of hydrogen-bond acceptors (Lipinski definition) is 4. The third kappa shape index (κ3) is 4.96. The molecule has 0 unspecified atom stereocenters. The molecular weight excluding hydrogens is 308 g/mol. The molecule has 0 aliphatic heterocycles. The fourth-order valence-corrected chi connectivity index (χ4v) is 2.99. The number of para-hydroxylation sites is 1. The fourth-order valence-electron chi connectivity index (χ4n) is 2.11. The van der Waals surface area contributed by atoms with Crippen LogP contribution in [0.4, 0.5) is 0 Å². The van der Waals surface area contributed by atoms with Crippen LogP contribution in [0.1, 0.15) is 28.1 Å². The molecule has 0 saturated heterocycles. The minimum Gasteiger partial charge on any atom is -0.496 e. The summed E-state index contributed by atoms with van der Waals surface area (Å²) in [6.45, 7) is 8.24. The van der Waals surface area contributed by atoms with Gasteiger partial charge in [-0.15, -0.1) is 11.3 Å². The Morgan fingerprint density at radius 1 is 1.26 bits per heavy atom. The Hall–Kier alpha value is -2.08. The molecule has 2 rings (SSSR count). The summed E-state index contributed by atoms with van der Waals surface area (Å²) in [6, 6.07) is 7.93. The van der Waals surface area contributed by atoms with Crippen molar-refractivity contribution in [3.63, 3.8) is 0 Å². The number of benzene rings is 1. The second-order valence-electron chi connectivity index (χ2n) is 5.11. The number of guanidine groups is 1. The van der Waals surface area contributed by atoms with E-state index in [1.165, 1.54) is 4.88 Å². The lowest BCUT2D eigenvalue weighted by atomic mass is 10.2. The molecule has 0 saturated carbocycles. The monoisotopic (exact) mass is 332 g/mol. The van der Waals surface area contributed by atoms with Gasteiger partial charge in [-0.25, -0.2) is 9.98 Å². The quantitative estimate of drug-likeness (QED) is 0.631. The van der Waals surface area contributed by atoms with E-state index in [9.17, 15) is 0 Å². The highest BCUT2D eigenvalue weighted by Crippen LogP contribution is 2.18. The average molecular weight is 332 g/mol. The lowest BCUT2D eigenvalue weighted by Crippen LogP contribution is -2.36. The van der Waals surface area contributed by atoms with Gasteiger partial charge in [0, 0.05) is 17.0 Å². The summed E-state index contributed by atoms with van der Waals surface area (Å²) in [6.07, 6.45) is 0. The summed E-state index contributed by atoms with van der Waals surface area (Å²) in [5.74, 6) is 1.64. The summed E-state index contributed by atoms with van der Waals surface area (Å²) in [4.78, 5) is 10.4. The van der Waals surface area contributed by atoms with Crippen LogP contribution in [0, 0.1) is 13.8 Å². The smallest absolute Gasteiger partial charge is 0.191 e. The van der Waals surface area contributed by atoms with Crippen LogP contribution in [0.5, 0.6) is 5.75 Å². The van der Waals surface area contributed by atoms with Crippen LogP contribution in [0.2, 0.25) is 0 Å². The summed E-state index contributed by atoms with van der Waals surface area (Å²) in [5, 5.41) is 7.66. The fraction of sp³-hybridized carbons (Fsp3) is 0.412. The number of thiazole rings is 1. The molecule has 1 aromatic carbocycles. The first-order valence-electron chi connectivity index (χ1n) is 7.71. The Labute approximate surface area is 141 Å². The minimum absolute atomic E-state index is 0.565. The van der Waals surface area contributed by atoms with Crippen LogP contribution in [0.25, 0.3) is 0 Å². The molecule has 0 radical (unpaired) electrons. The zero-order valence-corrected chi connectivity index (χ0v) is 15.0. The number of aliphatic imine (C=N–C) groups is 1. The van der Waals surface area contributed by atoms with Crippen LogP contribution in [0.15, 0.2) is 29.3 Å². The number of rotatable bonds is 6. The second kappa shape index (κ2) is 8.53. The van der Waals surface area contributed by atoms with Crippen molar-refractivity contribution in [2.45, 2.75) is 33.9 Å². The van der Waals surface area contributed by atoms with Crippen molar-refractivity contribution < 1.29 is 4.74 Å². The highest BCUT2D eigenvalue weighted by Gasteiger charge is 2.05. The molecule has 0 spiro atoms. The van der Waals surface area contributed by atoms with Crippen molar-refractivity contribution in [1.29, 1.82) is 0 Å². The van der Waals surface area contributed by atoms with E-state index in [0.29, 0.717) is 13.1 Å². The molecule has 0 amide bonds. The van der Waals surface area contributed by atoms with E-state index >= 15 is 0 Å². The van der Waals surface area contributed by atoms with E-state index in [0.717, 1.165) is 34.5 Å². The third-order valence-electron chi connectivity index (χ3n) is 3.42. The predicted octanol–water partition coefficient (Wildman–Crippen LogP) is 3.02. The lowest BCUT2D eigenvalue weighted by molar-refractivity contribution is 0.410. The molecule has 6 heteroatoms. The molecule has 0 aliphatic carbocycles. The van der Waals surface area contributed by atoms with E-state index < -0.39 is 0 Å². The van der Waals surface area contributed by atoms with Gasteiger partial charge >= 0.3 is 0 Å². The topological polar surface area (TPSA) is 58.5 Å². The van der Waals surface area contributed by atoms with Crippen molar-refractivity contribution in [2.24, 2.45) is 4.99 Å². The maximum atomic E-state index is 5.36. The number of nitrogens with zero attached hydrogens (tertiary/aromatic N) is 2. The van der Waals surface area contributed by atoms with E-state index in [1.54, 1.807) is 18.4 Å². The number of hydrogen-bond donors (Lipinski definition) is 2. The van der Waals surface area contributed by atoms with Crippen LogP contribution >= 0.6 is 11.3 Å². The van der Waals surface area contributed by atoms with Crippen LogP contribution in [-0.2, 0) is 13.1 Å². The minimum atomic E-state index is 0.565. The van der Waals surface area contributed by atoms with Crippen LogP contribution in [0.3, 0.4) is 0 Å². The molecule has 5 nitrogen and oxygen atoms in total. The van der Waals surface area contributed by atoms with Crippen molar-refractivity contribution in [3.05, 3.63) is 45.4 Å². The van der Waals surface area contributed by atoms with E-state index in [1.807, 2.05) is 31.2 Å². The highest BCUT2D eigenvalue weighted by molar-refractivity contribution is 7.11. The number of aryl methyl sites for hydroxylation is 2. The Balaban J connectivity index is 2.02. The maximum Gasteiger partial charge on any atom is 0.191 e. The summed E-state index contributed by atoms with van der Waals surface area (Å²) in [5.41, 5.74) is 2.16. The summed E-state index contributed by atoms with van der Waals surface area (Å²) >= 11 is 1.72. The van der Waals surface area contributed by atoms with E-state index in [-0.39, 0.29) is 0 Å². The van der Waals surface area contributed by atoms with Gasteiger partial charge in [-0.2, -0.15) is 0 Å². The van der Waals surface area contributed by atoms with Gasteiger partial charge < -0.3 is 15.4 Å². The number of aromatic nitrogens is 1. The standard InChI is InChI=1S/C17H24N4OS/c1-5-18-17(20-11-16-21-12(2)13(3)23-16)19-10-14-8-6-7-9-15(14)22-4/h6-9H,5,10-11H2,1-4H3,(H2,18,19,20). The summed E-state index contributed by atoms with van der Waals surface area (Å²) in [7, 11) is 1.68. The molecule has 1 heterocycles. The molecule has 23 heavy (non-hydrogen) atoms. The molecule has 124 valence electrons. The maximum absolute atomic E-state index is 5.36. The number of methoxy groups -OCH3 is 1. The van der Waals surface area contributed by atoms with Crippen molar-refractivity contribution in [2.75, 3.05) is 13.7 Å². The molecule has 0 atom stereocenters. The van der Waals surface area contributed by atoms with Gasteiger partial charge in [-0.3, -0.25) is 0 Å². The highest BCUT2D eigenvalue weighted by atomic mass is 32.1. The molecular formula is C17H24N4OS. The Morgan fingerprint density at radius 2 is 2.04 bits per heavy atom. The van der Waals surface area contributed by atoms with Gasteiger partial charge in [0.1, 0.15) is 10.8 Å². The van der Waals surface area contributed by atoms with Gasteiger partial charge in [0.25, 0.3) is 0 Å². The Bertz CT molecular complexity index is 647. The largest absolute Gasteiger partial charge is 0.496 e. The number of nitrogens with one attached hydrogen (secondary N) is 2. The number of ether oxygens (including phenoxy) is 1. The van der Waals surface area contributed by atoms with Gasteiger partial charge in [-0.05, 0) is 26.8 Å². The normalized spacial score (nSPS) is 11.4. The van der Waals surface area contributed by atoms with Gasteiger partial charge in [0.05, 0.1) is 25.9 Å². The SMILES string of the molecule is CCNC(=NCc1ccccc1OC)NCc1nc(C)c(C)s1. The molecule has 2 N–H and O–H groups in total. The predicted molar refractivity (Wildman–Crippen MR) is 96.2 cm³/mol. The lowest BCUT2D eigenvalue weighted by Gasteiger charge is -2.11. The first-order valence-corrected chi connectivity index (χ1v) is 8.52. The van der Waals surface area contributed by atoms with E-state index in [2.05, 4.69) is 34.5 Å². The first kappa shape index (κ1) is 17.3. The van der Waals surface area contributed by atoms with Gasteiger partial charge in [-0.1, -0.05) is 18.2 Å². The van der Waals surface area contributed by atoms with Crippen LogP contribution < -0.4 is 15.4 Å². The molecule has 2 aromatic rings. The Kier molecular flexibility index (Phi) is 6.40. The molecule has 0 fully saturated rings. The van der Waals surface area contributed by atoms with Gasteiger partial charge in [0.2, 0.25) is 0 Å². The molecule has 1 aromatic heterocycles. The zero-order valence-electron chi connectivity index (χ0n) is 14.1. The summed E-state index contributed by atoms with van der Waals surface area (Å²) < 4.78 is 5.36.